The van der Waals surface area contributed by atoms with Gasteiger partial charge in [0, 0.05) is 45.0 Å². The second-order valence-corrected chi connectivity index (χ2v) is 5.00. The van der Waals surface area contributed by atoms with E-state index in [4.69, 9.17) is 17.3 Å². The highest BCUT2D eigenvalue weighted by molar-refractivity contribution is 6.29. The summed E-state index contributed by atoms with van der Waals surface area (Å²) in [6, 6.07) is 4.30. The van der Waals surface area contributed by atoms with Gasteiger partial charge in [0.1, 0.15) is 5.15 Å². The van der Waals surface area contributed by atoms with Crippen LogP contribution in [0.25, 0.3) is 0 Å². The summed E-state index contributed by atoms with van der Waals surface area (Å²) in [5.74, 6) is 0. The van der Waals surface area contributed by atoms with Crippen molar-refractivity contribution < 1.29 is 0 Å². The average molecular weight is 255 g/mol. The molecule has 0 saturated carbocycles. The van der Waals surface area contributed by atoms with Crippen LogP contribution in [0.5, 0.6) is 0 Å². The van der Waals surface area contributed by atoms with Crippen LogP contribution in [0.15, 0.2) is 18.3 Å². The lowest BCUT2D eigenvalue weighted by Gasteiger charge is -2.39. The smallest absolute Gasteiger partial charge is 0.129 e. The molecule has 1 unspecified atom stereocenters. The number of nitrogens with two attached hydrogens (primary N) is 1. The summed E-state index contributed by atoms with van der Waals surface area (Å²) in [6.45, 7) is 4.79. The van der Waals surface area contributed by atoms with E-state index in [0.29, 0.717) is 17.7 Å². The van der Waals surface area contributed by atoms with Gasteiger partial charge in [-0.25, -0.2) is 4.98 Å². The summed E-state index contributed by atoms with van der Waals surface area (Å²) < 4.78 is 0. The van der Waals surface area contributed by atoms with E-state index in [1.807, 2.05) is 18.3 Å². The van der Waals surface area contributed by atoms with Gasteiger partial charge < -0.3 is 10.6 Å². The number of piperazine rings is 1. The van der Waals surface area contributed by atoms with Gasteiger partial charge in [0.25, 0.3) is 0 Å². The Bertz CT molecular complexity index is 354. The van der Waals surface area contributed by atoms with E-state index in [1.54, 1.807) is 0 Å². The van der Waals surface area contributed by atoms with E-state index < -0.39 is 0 Å². The zero-order valence-electron chi connectivity index (χ0n) is 10.1. The summed E-state index contributed by atoms with van der Waals surface area (Å²) in [5, 5.41) is 0.544. The number of rotatable bonds is 3. The van der Waals surface area contributed by atoms with Gasteiger partial charge in [-0.15, -0.1) is 0 Å². The molecule has 2 rings (SSSR count). The lowest BCUT2D eigenvalue weighted by atomic mass is 10.1. The van der Waals surface area contributed by atoms with Crippen LogP contribution < -0.4 is 5.73 Å². The third-order valence-corrected chi connectivity index (χ3v) is 3.48. The number of aromatic nitrogens is 1. The Balaban J connectivity index is 1.99. The van der Waals surface area contributed by atoms with E-state index in [0.717, 1.165) is 26.2 Å². The molecular weight excluding hydrogens is 236 g/mol. The fraction of sp³-hybridized carbons (Fsp3) is 0.583. The Kier molecular flexibility index (Phi) is 4.34. The largest absolute Gasteiger partial charge is 0.329 e. The molecule has 1 aliphatic rings. The predicted octanol–water partition coefficient (Wildman–Crippen LogP) is 0.810. The first-order valence-corrected chi connectivity index (χ1v) is 6.30. The zero-order chi connectivity index (χ0) is 12.3. The third kappa shape index (κ3) is 3.39. The van der Waals surface area contributed by atoms with Crippen molar-refractivity contribution in [3.8, 4) is 0 Å². The Labute approximate surface area is 107 Å². The van der Waals surface area contributed by atoms with Gasteiger partial charge in [0.2, 0.25) is 0 Å². The second-order valence-electron chi connectivity index (χ2n) is 4.61. The summed E-state index contributed by atoms with van der Waals surface area (Å²) in [4.78, 5) is 8.86. The van der Waals surface area contributed by atoms with Crippen LogP contribution >= 0.6 is 11.6 Å². The lowest BCUT2D eigenvalue weighted by Crippen LogP contribution is -2.54. The summed E-state index contributed by atoms with van der Waals surface area (Å²) in [6.07, 6.45) is 1.84. The quantitative estimate of drug-likeness (QED) is 0.811. The Morgan fingerprint density at radius 3 is 2.94 bits per heavy atom. The highest BCUT2D eigenvalue weighted by atomic mass is 35.5. The van der Waals surface area contributed by atoms with Gasteiger partial charge in [0.15, 0.2) is 0 Å². The number of hydrogen-bond acceptors (Lipinski definition) is 4. The number of pyridine rings is 1. The Hall–Kier alpha value is -0.680. The molecule has 5 heteroatoms. The van der Waals surface area contributed by atoms with Gasteiger partial charge in [0.05, 0.1) is 0 Å². The topological polar surface area (TPSA) is 45.4 Å². The minimum atomic E-state index is 0.435. The molecule has 4 nitrogen and oxygen atoms in total. The molecule has 1 aliphatic heterocycles. The number of halogens is 1. The lowest BCUT2D eigenvalue weighted by molar-refractivity contribution is 0.0880. The molecule has 2 N–H and O–H groups in total. The Morgan fingerprint density at radius 1 is 1.47 bits per heavy atom. The standard InChI is InChI=1S/C12H19ClN4/c1-16-4-5-17(11(6-14)9-16)8-10-2-3-12(13)15-7-10/h2-3,7,11H,4-6,8-9,14H2,1H3. The third-order valence-electron chi connectivity index (χ3n) is 3.25. The number of likely N-dealkylation sites (N-methyl/N-ethyl adjacent to an activating group) is 1. The van der Waals surface area contributed by atoms with Crippen LogP contribution in [0.2, 0.25) is 5.15 Å². The first-order chi connectivity index (χ1) is 8.19. The normalized spacial score (nSPS) is 22.9. The molecule has 0 aromatic carbocycles. The molecule has 2 heterocycles. The molecule has 0 spiro atoms. The van der Waals surface area contributed by atoms with Crippen LogP contribution in [-0.4, -0.2) is 54.1 Å². The highest BCUT2D eigenvalue weighted by Gasteiger charge is 2.23. The van der Waals surface area contributed by atoms with Crippen LogP contribution in [-0.2, 0) is 6.54 Å². The van der Waals surface area contributed by atoms with Crippen LogP contribution in [0, 0.1) is 0 Å². The minimum Gasteiger partial charge on any atom is -0.329 e. The van der Waals surface area contributed by atoms with E-state index in [1.165, 1.54) is 5.56 Å². The summed E-state index contributed by atoms with van der Waals surface area (Å²) >= 11 is 5.78. The molecule has 94 valence electrons. The monoisotopic (exact) mass is 254 g/mol. The van der Waals surface area contributed by atoms with Crippen molar-refractivity contribution in [2.24, 2.45) is 5.73 Å². The SMILES string of the molecule is CN1CCN(Cc2ccc(Cl)nc2)C(CN)C1. The van der Waals surface area contributed by atoms with Gasteiger partial charge in [-0.3, -0.25) is 4.90 Å². The predicted molar refractivity (Wildman–Crippen MR) is 70.0 cm³/mol. The molecule has 1 aromatic heterocycles. The van der Waals surface area contributed by atoms with Crippen molar-refractivity contribution in [1.29, 1.82) is 0 Å². The van der Waals surface area contributed by atoms with Gasteiger partial charge in [-0.1, -0.05) is 17.7 Å². The van der Waals surface area contributed by atoms with E-state index in [2.05, 4.69) is 21.8 Å². The highest BCUT2D eigenvalue weighted by Crippen LogP contribution is 2.13. The minimum absolute atomic E-state index is 0.435. The van der Waals surface area contributed by atoms with E-state index >= 15 is 0 Å². The molecule has 1 fully saturated rings. The molecular formula is C12H19ClN4. The van der Waals surface area contributed by atoms with Gasteiger partial charge in [-0.05, 0) is 18.7 Å². The van der Waals surface area contributed by atoms with Crippen LogP contribution in [0.3, 0.4) is 0 Å². The maximum Gasteiger partial charge on any atom is 0.129 e. The fourth-order valence-electron chi connectivity index (χ4n) is 2.21. The van der Waals surface area contributed by atoms with E-state index in [-0.39, 0.29) is 0 Å². The number of hydrogen-bond donors (Lipinski definition) is 1. The fourth-order valence-corrected chi connectivity index (χ4v) is 2.33. The van der Waals surface area contributed by atoms with Crippen molar-refractivity contribution in [1.82, 2.24) is 14.8 Å². The maximum atomic E-state index is 5.83. The molecule has 0 radical (unpaired) electrons. The first-order valence-electron chi connectivity index (χ1n) is 5.92. The van der Waals surface area contributed by atoms with Gasteiger partial charge in [-0.2, -0.15) is 0 Å². The van der Waals surface area contributed by atoms with Crippen molar-refractivity contribution >= 4 is 11.6 Å². The van der Waals surface area contributed by atoms with Crippen molar-refractivity contribution in [2.75, 3.05) is 33.2 Å². The van der Waals surface area contributed by atoms with Crippen LogP contribution in [0.4, 0.5) is 0 Å². The number of nitrogens with zero attached hydrogens (tertiary/aromatic N) is 3. The molecule has 0 amide bonds. The summed E-state index contributed by atoms with van der Waals surface area (Å²) in [5.41, 5.74) is 7.02. The van der Waals surface area contributed by atoms with E-state index in [9.17, 15) is 0 Å². The Morgan fingerprint density at radius 2 is 2.29 bits per heavy atom. The van der Waals surface area contributed by atoms with Gasteiger partial charge >= 0.3 is 0 Å². The maximum absolute atomic E-state index is 5.83. The average Bonchev–Trinajstić information content (AvgIpc) is 2.34. The molecule has 0 aliphatic carbocycles. The van der Waals surface area contributed by atoms with Crippen molar-refractivity contribution in [3.05, 3.63) is 29.0 Å². The molecule has 0 bridgehead atoms. The van der Waals surface area contributed by atoms with Crippen LogP contribution in [0.1, 0.15) is 5.56 Å². The molecule has 1 atom stereocenters. The zero-order valence-corrected chi connectivity index (χ0v) is 10.9. The molecule has 1 saturated heterocycles. The van der Waals surface area contributed by atoms with Crippen molar-refractivity contribution in [3.63, 3.8) is 0 Å². The summed E-state index contributed by atoms with van der Waals surface area (Å²) in [7, 11) is 2.14. The second kappa shape index (κ2) is 5.78. The molecule has 1 aromatic rings. The molecule has 17 heavy (non-hydrogen) atoms. The first kappa shape index (κ1) is 12.8. The van der Waals surface area contributed by atoms with Crippen molar-refractivity contribution in [2.45, 2.75) is 12.6 Å².